The molecule has 1 aromatic rings. The average Bonchev–Trinajstić information content (AvgIpc) is 2.50. The fourth-order valence-corrected chi connectivity index (χ4v) is 2.65. The first-order chi connectivity index (χ1) is 9.74. The maximum Gasteiger partial charge on any atom is 0.255 e. The predicted molar refractivity (Wildman–Crippen MR) is 82.6 cm³/mol. The van der Waals surface area contributed by atoms with E-state index in [-0.39, 0.29) is 5.56 Å². The lowest BCUT2D eigenvalue weighted by atomic mass is 9.88. The van der Waals surface area contributed by atoms with Gasteiger partial charge >= 0.3 is 0 Å². The molecule has 2 aliphatic rings. The summed E-state index contributed by atoms with van der Waals surface area (Å²) >= 11 is 0. The van der Waals surface area contributed by atoms with Crippen LogP contribution < -0.4 is 5.56 Å². The second-order valence-corrected chi connectivity index (χ2v) is 5.55. The molecule has 1 aromatic heterocycles. The molecule has 2 heterocycles. The Kier molecular flexibility index (Phi) is 3.63. The maximum atomic E-state index is 12.1. The van der Waals surface area contributed by atoms with Crippen LogP contribution in [-0.4, -0.2) is 23.6 Å². The van der Waals surface area contributed by atoms with Crippen molar-refractivity contribution < 1.29 is 0 Å². The van der Waals surface area contributed by atoms with Crippen molar-refractivity contribution in [3.63, 3.8) is 0 Å². The first-order valence-corrected chi connectivity index (χ1v) is 7.23. The molecule has 20 heavy (non-hydrogen) atoms. The van der Waals surface area contributed by atoms with Gasteiger partial charge in [0, 0.05) is 36.5 Å². The summed E-state index contributed by atoms with van der Waals surface area (Å²) in [5.41, 5.74) is 2.81. The molecule has 3 rings (SSSR count). The van der Waals surface area contributed by atoms with Gasteiger partial charge in [0.1, 0.15) is 0 Å². The smallest absolute Gasteiger partial charge is 0.255 e. The number of pyridine rings is 1. The van der Waals surface area contributed by atoms with Crippen molar-refractivity contribution in [2.75, 3.05) is 6.54 Å². The molecule has 0 saturated carbocycles. The van der Waals surface area contributed by atoms with E-state index >= 15 is 0 Å². The molecule has 4 heteroatoms. The second kappa shape index (κ2) is 5.57. The zero-order valence-corrected chi connectivity index (χ0v) is 11.7. The van der Waals surface area contributed by atoms with Crippen LogP contribution in [0.25, 0.3) is 5.57 Å². The molecule has 4 nitrogen and oxygen atoms in total. The molecule has 0 fully saturated rings. The summed E-state index contributed by atoms with van der Waals surface area (Å²) in [6, 6.07) is 1.93. The Morgan fingerprint density at radius 1 is 1.40 bits per heavy atom. The third kappa shape index (κ3) is 2.64. The lowest BCUT2D eigenvalue weighted by Gasteiger charge is -2.18. The Morgan fingerprint density at radius 3 is 3.00 bits per heavy atom. The maximum absolute atomic E-state index is 12.1. The normalized spacial score (nSPS) is 22.4. The molecule has 0 radical (unpaired) electrons. The highest BCUT2D eigenvalue weighted by Crippen LogP contribution is 2.28. The number of aliphatic imine (C=N–C) groups is 2. The Balaban J connectivity index is 1.97. The van der Waals surface area contributed by atoms with Crippen molar-refractivity contribution in [1.82, 2.24) is 4.98 Å². The van der Waals surface area contributed by atoms with E-state index < -0.39 is 0 Å². The Hall–Kier alpha value is -1.97. The van der Waals surface area contributed by atoms with Crippen LogP contribution in [-0.2, 0) is 0 Å². The summed E-state index contributed by atoms with van der Waals surface area (Å²) in [6.07, 6.45) is 9.86. The van der Waals surface area contributed by atoms with Crippen molar-refractivity contribution >= 4 is 17.6 Å². The number of aromatic amines is 1. The van der Waals surface area contributed by atoms with Gasteiger partial charge in [0.05, 0.1) is 0 Å². The van der Waals surface area contributed by atoms with Crippen molar-refractivity contribution in [3.05, 3.63) is 39.8 Å². The number of hydrogen-bond donors (Lipinski definition) is 1. The largest absolute Gasteiger partial charge is 0.328 e. The van der Waals surface area contributed by atoms with Gasteiger partial charge in [-0.25, -0.2) is 4.99 Å². The zero-order valence-electron chi connectivity index (χ0n) is 11.7. The van der Waals surface area contributed by atoms with Crippen molar-refractivity contribution in [1.29, 1.82) is 0 Å². The van der Waals surface area contributed by atoms with Crippen LogP contribution >= 0.6 is 0 Å². The molecule has 0 spiro atoms. The Morgan fingerprint density at radius 2 is 2.30 bits per heavy atom. The molecule has 104 valence electrons. The first-order valence-electron chi connectivity index (χ1n) is 7.23. The van der Waals surface area contributed by atoms with Crippen LogP contribution in [0.5, 0.6) is 0 Å². The summed E-state index contributed by atoms with van der Waals surface area (Å²) in [5, 5.41) is 0. The zero-order chi connectivity index (χ0) is 13.9. The van der Waals surface area contributed by atoms with Gasteiger partial charge in [-0.15, -0.1) is 0 Å². The number of allylic oxidation sites excluding steroid dienone is 2. The lowest BCUT2D eigenvalue weighted by Crippen LogP contribution is -2.16. The van der Waals surface area contributed by atoms with Gasteiger partial charge in [0.25, 0.3) is 5.56 Å². The fourth-order valence-electron chi connectivity index (χ4n) is 2.65. The number of aromatic nitrogens is 1. The van der Waals surface area contributed by atoms with E-state index in [0.29, 0.717) is 5.92 Å². The monoisotopic (exact) mass is 269 g/mol. The van der Waals surface area contributed by atoms with Crippen molar-refractivity contribution in [2.24, 2.45) is 15.9 Å². The second-order valence-electron chi connectivity index (χ2n) is 5.55. The molecule has 0 aromatic carbocycles. The summed E-state index contributed by atoms with van der Waals surface area (Å²) in [6.45, 7) is 3.02. The van der Waals surface area contributed by atoms with Crippen molar-refractivity contribution in [2.45, 2.75) is 32.6 Å². The van der Waals surface area contributed by atoms with E-state index in [0.717, 1.165) is 54.8 Å². The fraction of sp³-hybridized carbons (Fsp3) is 0.438. The quantitative estimate of drug-likeness (QED) is 0.881. The minimum Gasteiger partial charge on any atom is -0.328 e. The van der Waals surface area contributed by atoms with E-state index in [1.54, 1.807) is 6.20 Å². The molecule has 1 N–H and O–H groups in total. The highest BCUT2D eigenvalue weighted by atomic mass is 16.1. The van der Waals surface area contributed by atoms with Gasteiger partial charge in [-0.05, 0) is 36.8 Å². The number of nitrogens with one attached hydrogen (secondary N) is 1. The van der Waals surface area contributed by atoms with Gasteiger partial charge in [0.15, 0.2) is 5.84 Å². The molecule has 1 aliphatic carbocycles. The summed E-state index contributed by atoms with van der Waals surface area (Å²) in [4.78, 5) is 23.6. The molecular weight excluding hydrogens is 250 g/mol. The molecule has 0 amide bonds. The summed E-state index contributed by atoms with van der Waals surface area (Å²) in [5.74, 6) is 1.44. The topological polar surface area (TPSA) is 57.6 Å². The van der Waals surface area contributed by atoms with Gasteiger partial charge in [-0.1, -0.05) is 13.0 Å². The lowest BCUT2D eigenvalue weighted by molar-refractivity contribution is 0.533. The number of H-pyrrole nitrogens is 1. The minimum absolute atomic E-state index is 0.0186. The molecule has 0 saturated heterocycles. The van der Waals surface area contributed by atoms with Crippen LogP contribution in [0.15, 0.2) is 33.1 Å². The third-order valence-corrected chi connectivity index (χ3v) is 3.91. The SMILES string of the molecule is CC1CC=C(c2cc(C3=NCCC=N3)c[nH]c2=O)CC1. The number of amidine groups is 1. The number of hydrogen-bond acceptors (Lipinski definition) is 3. The van der Waals surface area contributed by atoms with Gasteiger partial charge in [-0.3, -0.25) is 9.79 Å². The van der Waals surface area contributed by atoms with Gasteiger partial charge in [-0.2, -0.15) is 0 Å². The number of rotatable bonds is 2. The molecular formula is C16H19N3O. The Bertz CT molecular complexity index is 652. The highest BCUT2D eigenvalue weighted by molar-refractivity contribution is 6.04. The van der Waals surface area contributed by atoms with Crippen LogP contribution in [0.2, 0.25) is 0 Å². The minimum atomic E-state index is -0.0186. The average molecular weight is 269 g/mol. The number of nitrogens with zero attached hydrogens (tertiary/aromatic N) is 2. The standard InChI is InChI=1S/C16H19N3O/c1-11-3-5-12(6-4-11)14-9-13(10-19-16(14)20)15-17-7-2-8-18-15/h5,7,9-11H,2-4,6,8H2,1H3,(H,19,20). The van der Waals surface area contributed by atoms with Gasteiger partial charge < -0.3 is 4.98 Å². The van der Waals surface area contributed by atoms with Crippen LogP contribution in [0, 0.1) is 5.92 Å². The van der Waals surface area contributed by atoms with E-state index in [1.165, 1.54) is 0 Å². The molecule has 1 unspecified atom stereocenters. The van der Waals surface area contributed by atoms with Gasteiger partial charge in [0.2, 0.25) is 0 Å². The predicted octanol–water partition coefficient (Wildman–Crippen LogP) is 2.80. The van der Waals surface area contributed by atoms with Crippen LogP contribution in [0.1, 0.15) is 43.7 Å². The van der Waals surface area contributed by atoms with Crippen LogP contribution in [0.3, 0.4) is 0 Å². The Labute approximate surface area is 118 Å². The highest BCUT2D eigenvalue weighted by Gasteiger charge is 2.15. The molecule has 1 atom stereocenters. The molecule has 0 bridgehead atoms. The van der Waals surface area contributed by atoms with E-state index in [4.69, 9.17) is 0 Å². The van der Waals surface area contributed by atoms with E-state index in [9.17, 15) is 4.79 Å². The van der Waals surface area contributed by atoms with E-state index in [1.807, 2.05) is 12.3 Å². The first kappa shape index (κ1) is 13.0. The third-order valence-electron chi connectivity index (χ3n) is 3.91. The molecule has 1 aliphatic heterocycles. The van der Waals surface area contributed by atoms with Crippen molar-refractivity contribution in [3.8, 4) is 0 Å². The van der Waals surface area contributed by atoms with E-state index in [2.05, 4.69) is 28.0 Å². The summed E-state index contributed by atoms with van der Waals surface area (Å²) < 4.78 is 0. The van der Waals surface area contributed by atoms with Crippen LogP contribution in [0.4, 0.5) is 0 Å². The summed E-state index contributed by atoms with van der Waals surface area (Å²) in [7, 11) is 0.